The Kier molecular flexibility index (Phi) is 9.45. The van der Waals surface area contributed by atoms with E-state index in [1.807, 2.05) is 6.92 Å². The number of halogens is 1. The summed E-state index contributed by atoms with van der Waals surface area (Å²) in [7, 11) is 1.71. The van der Waals surface area contributed by atoms with Gasteiger partial charge in [-0.2, -0.15) is 5.10 Å². The fourth-order valence-corrected chi connectivity index (χ4v) is 3.98. The van der Waals surface area contributed by atoms with Gasteiger partial charge < -0.3 is 15.0 Å². The van der Waals surface area contributed by atoms with Crippen LogP contribution >= 0.6 is 24.0 Å². The Labute approximate surface area is 198 Å². The average Bonchev–Trinajstić information content (AvgIpc) is 3.32. The van der Waals surface area contributed by atoms with Gasteiger partial charge in [-0.1, -0.05) is 19.1 Å². The molecule has 2 aromatic rings. The number of hydrogen-bond donors (Lipinski definition) is 1. The van der Waals surface area contributed by atoms with Gasteiger partial charge in [0.2, 0.25) is 0 Å². The fraction of sp³-hybridized carbons (Fsp3) is 0.565. The van der Waals surface area contributed by atoms with Crippen LogP contribution in [0.2, 0.25) is 0 Å². The Balaban J connectivity index is 0.00000320. The van der Waals surface area contributed by atoms with Gasteiger partial charge >= 0.3 is 0 Å². The normalized spacial score (nSPS) is 17.6. The van der Waals surface area contributed by atoms with E-state index in [1.165, 1.54) is 11.3 Å². The van der Waals surface area contributed by atoms with Gasteiger partial charge in [0.25, 0.3) is 0 Å². The molecule has 1 saturated heterocycles. The van der Waals surface area contributed by atoms with Crippen molar-refractivity contribution >= 4 is 29.9 Å². The van der Waals surface area contributed by atoms with Gasteiger partial charge in [-0.15, -0.1) is 24.0 Å². The lowest BCUT2D eigenvalue weighted by Gasteiger charge is -2.22. The van der Waals surface area contributed by atoms with E-state index >= 15 is 0 Å². The van der Waals surface area contributed by atoms with Crippen molar-refractivity contribution in [3.63, 3.8) is 0 Å². The summed E-state index contributed by atoms with van der Waals surface area (Å²) >= 11 is 0. The third kappa shape index (κ3) is 6.36. The number of rotatable bonds is 7. The van der Waals surface area contributed by atoms with E-state index in [0.29, 0.717) is 11.8 Å². The standard InChI is InChI=1S/C23H35N5O.HI/c1-6-24-23(25-14-17(2)15-28-19(4)13-18(3)26-28)27-12-11-21(16-27)20-7-9-22(29-5)10-8-20;/h7-10,13,17,21H,6,11-12,14-16H2,1-5H3,(H,24,25);1H. The monoisotopic (exact) mass is 525 g/mol. The zero-order valence-corrected chi connectivity index (χ0v) is 21.2. The highest BCUT2D eigenvalue weighted by atomic mass is 127. The van der Waals surface area contributed by atoms with Crippen molar-refractivity contribution in [3.05, 3.63) is 47.3 Å². The average molecular weight is 525 g/mol. The summed E-state index contributed by atoms with van der Waals surface area (Å²) in [6.45, 7) is 13.2. The number of aliphatic imine (C=N–C) groups is 1. The number of aryl methyl sites for hydroxylation is 2. The van der Waals surface area contributed by atoms with E-state index in [4.69, 9.17) is 9.73 Å². The zero-order valence-electron chi connectivity index (χ0n) is 18.9. The molecule has 0 amide bonds. The van der Waals surface area contributed by atoms with Crippen molar-refractivity contribution in [2.24, 2.45) is 10.9 Å². The van der Waals surface area contributed by atoms with Crippen LogP contribution in [0.15, 0.2) is 35.3 Å². The number of hydrogen-bond acceptors (Lipinski definition) is 3. The van der Waals surface area contributed by atoms with Gasteiger partial charge in [-0.05, 0) is 56.9 Å². The fourth-order valence-electron chi connectivity index (χ4n) is 3.98. The molecule has 2 heterocycles. The predicted octanol–water partition coefficient (Wildman–Crippen LogP) is 4.22. The number of aromatic nitrogens is 2. The first-order valence-electron chi connectivity index (χ1n) is 10.7. The predicted molar refractivity (Wildman–Crippen MR) is 134 cm³/mol. The number of benzene rings is 1. The molecule has 2 atom stereocenters. The van der Waals surface area contributed by atoms with Crippen molar-refractivity contribution in [2.45, 2.75) is 46.6 Å². The minimum Gasteiger partial charge on any atom is -0.497 e. The maximum absolute atomic E-state index is 5.28. The van der Waals surface area contributed by atoms with E-state index in [9.17, 15) is 0 Å². The minimum absolute atomic E-state index is 0. The van der Waals surface area contributed by atoms with Crippen molar-refractivity contribution in [1.29, 1.82) is 0 Å². The Hall–Kier alpha value is -1.77. The largest absolute Gasteiger partial charge is 0.497 e. The van der Waals surface area contributed by atoms with Crippen LogP contribution in [0.1, 0.15) is 43.1 Å². The van der Waals surface area contributed by atoms with E-state index in [1.54, 1.807) is 7.11 Å². The molecule has 0 aliphatic carbocycles. The van der Waals surface area contributed by atoms with Crippen LogP contribution in [0.5, 0.6) is 5.75 Å². The molecule has 3 rings (SSSR count). The summed E-state index contributed by atoms with van der Waals surface area (Å²) in [5, 5.41) is 8.06. The van der Waals surface area contributed by atoms with E-state index in [2.05, 4.69) is 71.1 Å². The smallest absolute Gasteiger partial charge is 0.193 e. The maximum atomic E-state index is 5.28. The van der Waals surface area contributed by atoms with Gasteiger partial charge in [0.1, 0.15) is 5.75 Å². The lowest BCUT2D eigenvalue weighted by Crippen LogP contribution is -2.40. The molecule has 7 heteroatoms. The lowest BCUT2D eigenvalue weighted by molar-refractivity contribution is 0.414. The summed E-state index contributed by atoms with van der Waals surface area (Å²) in [4.78, 5) is 7.35. The van der Waals surface area contributed by atoms with Gasteiger partial charge in [0.15, 0.2) is 5.96 Å². The molecule has 2 unspecified atom stereocenters. The maximum Gasteiger partial charge on any atom is 0.193 e. The molecule has 1 aromatic heterocycles. The van der Waals surface area contributed by atoms with Crippen LogP contribution in [0.3, 0.4) is 0 Å². The van der Waals surface area contributed by atoms with Crippen molar-refractivity contribution in [1.82, 2.24) is 20.0 Å². The van der Waals surface area contributed by atoms with Gasteiger partial charge in [-0.25, -0.2) is 0 Å². The van der Waals surface area contributed by atoms with Crippen molar-refractivity contribution in [3.8, 4) is 5.75 Å². The highest BCUT2D eigenvalue weighted by Gasteiger charge is 2.26. The number of methoxy groups -OCH3 is 1. The van der Waals surface area contributed by atoms with Gasteiger partial charge in [-0.3, -0.25) is 9.67 Å². The Morgan fingerprint density at radius 3 is 2.63 bits per heavy atom. The second-order valence-corrected chi connectivity index (χ2v) is 8.11. The number of likely N-dealkylation sites (tertiary alicyclic amines) is 1. The first-order valence-corrected chi connectivity index (χ1v) is 10.7. The molecule has 1 aliphatic rings. The highest BCUT2D eigenvalue weighted by molar-refractivity contribution is 14.0. The third-order valence-electron chi connectivity index (χ3n) is 5.55. The van der Waals surface area contributed by atoms with Crippen LogP contribution in [0, 0.1) is 19.8 Å². The van der Waals surface area contributed by atoms with E-state index in [0.717, 1.165) is 56.5 Å². The Morgan fingerprint density at radius 1 is 1.30 bits per heavy atom. The quantitative estimate of drug-likeness (QED) is 0.334. The summed E-state index contributed by atoms with van der Waals surface area (Å²) in [5.41, 5.74) is 3.67. The molecule has 6 nitrogen and oxygen atoms in total. The minimum atomic E-state index is 0. The lowest BCUT2D eigenvalue weighted by atomic mass is 9.98. The number of ether oxygens (including phenoxy) is 1. The molecule has 1 N–H and O–H groups in total. The molecule has 1 aliphatic heterocycles. The second kappa shape index (κ2) is 11.6. The Bertz CT molecular complexity index is 818. The van der Waals surface area contributed by atoms with Crippen LogP contribution in [0.4, 0.5) is 0 Å². The Morgan fingerprint density at radius 2 is 2.03 bits per heavy atom. The van der Waals surface area contributed by atoms with Crippen molar-refractivity contribution in [2.75, 3.05) is 33.3 Å². The van der Waals surface area contributed by atoms with Crippen LogP contribution in [-0.4, -0.2) is 53.9 Å². The number of guanidine groups is 1. The number of nitrogens with zero attached hydrogens (tertiary/aromatic N) is 4. The van der Waals surface area contributed by atoms with Crippen molar-refractivity contribution < 1.29 is 4.74 Å². The van der Waals surface area contributed by atoms with E-state index < -0.39 is 0 Å². The first kappa shape index (κ1) is 24.5. The first-order chi connectivity index (χ1) is 14.0. The zero-order chi connectivity index (χ0) is 20.8. The molecular formula is C23H36IN5O. The van der Waals surface area contributed by atoms with Gasteiger partial charge in [0, 0.05) is 44.3 Å². The summed E-state index contributed by atoms with van der Waals surface area (Å²) < 4.78 is 7.38. The summed E-state index contributed by atoms with van der Waals surface area (Å²) in [6, 6.07) is 10.6. The summed E-state index contributed by atoms with van der Waals surface area (Å²) in [5.74, 6) is 2.91. The molecule has 1 fully saturated rings. The topological polar surface area (TPSA) is 54.7 Å². The SMILES string of the molecule is CCNC(=NCC(C)Cn1nc(C)cc1C)N1CCC(c2ccc(OC)cc2)C1.I. The molecular weight excluding hydrogens is 489 g/mol. The molecule has 1 aromatic carbocycles. The third-order valence-corrected chi connectivity index (χ3v) is 5.55. The van der Waals surface area contributed by atoms with Crippen LogP contribution in [0.25, 0.3) is 0 Å². The van der Waals surface area contributed by atoms with Crippen LogP contribution < -0.4 is 10.1 Å². The van der Waals surface area contributed by atoms with Crippen LogP contribution in [-0.2, 0) is 6.54 Å². The molecule has 0 radical (unpaired) electrons. The van der Waals surface area contributed by atoms with E-state index in [-0.39, 0.29) is 24.0 Å². The second-order valence-electron chi connectivity index (χ2n) is 8.11. The molecule has 0 saturated carbocycles. The molecule has 166 valence electrons. The highest BCUT2D eigenvalue weighted by Crippen LogP contribution is 2.28. The molecule has 30 heavy (non-hydrogen) atoms. The molecule has 0 spiro atoms. The summed E-state index contributed by atoms with van der Waals surface area (Å²) in [6.07, 6.45) is 1.15. The number of nitrogens with one attached hydrogen (secondary N) is 1. The van der Waals surface area contributed by atoms with Gasteiger partial charge in [0.05, 0.1) is 12.8 Å². The molecule has 0 bridgehead atoms.